The standard InChI is InChI=1S/C19H24N2OS/c1-22-18-9-5-4-8-17(18)21-13-11-20(12-14-21)15-16-7-3-6-10-19(16)23-2/h3-10H,11-15H2,1-2H3. The SMILES string of the molecule is COc1ccccc1N1CCN(Cc2ccccc2SC)CC1. The van der Waals surface area contributed by atoms with Crippen LogP contribution in [0.4, 0.5) is 5.69 Å². The average molecular weight is 328 g/mol. The van der Waals surface area contributed by atoms with E-state index < -0.39 is 0 Å². The zero-order chi connectivity index (χ0) is 16.1. The topological polar surface area (TPSA) is 15.7 Å². The first kappa shape index (κ1) is 16.2. The lowest BCUT2D eigenvalue weighted by Gasteiger charge is -2.36. The molecule has 0 spiro atoms. The van der Waals surface area contributed by atoms with Crippen molar-refractivity contribution in [3.8, 4) is 5.75 Å². The van der Waals surface area contributed by atoms with E-state index in [1.165, 1.54) is 16.1 Å². The van der Waals surface area contributed by atoms with Gasteiger partial charge in [0.15, 0.2) is 0 Å². The van der Waals surface area contributed by atoms with Gasteiger partial charge in [-0.3, -0.25) is 4.90 Å². The van der Waals surface area contributed by atoms with E-state index in [1.54, 1.807) is 7.11 Å². The number of methoxy groups -OCH3 is 1. The van der Waals surface area contributed by atoms with Gasteiger partial charge in [-0.05, 0) is 30.0 Å². The van der Waals surface area contributed by atoms with Crippen molar-refractivity contribution >= 4 is 17.4 Å². The highest BCUT2D eigenvalue weighted by Gasteiger charge is 2.20. The van der Waals surface area contributed by atoms with Gasteiger partial charge >= 0.3 is 0 Å². The Balaban J connectivity index is 1.62. The van der Waals surface area contributed by atoms with Crippen LogP contribution in [-0.2, 0) is 6.54 Å². The molecule has 0 aromatic heterocycles. The third kappa shape index (κ3) is 3.82. The van der Waals surface area contributed by atoms with Crippen molar-refractivity contribution in [2.24, 2.45) is 0 Å². The van der Waals surface area contributed by atoms with Crippen LogP contribution in [0.15, 0.2) is 53.4 Å². The molecule has 0 aliphatic carbocycles. The third-order valence-corrected chi connectivity index (χ3v) is 5.22. The number of anilines is 1. The van der Waals surface area contributed by atoms with Crippen LogP contribution < -0.4 is 9.64 Å². The number of hydrogen-bond donors (Lipinski definition) is 0. The van der Waals surface area contributed by atoms with Gasteiger partial charge in [-0.25, -0.2) is 0 Å². The van der Waals surface area contributed by atoms with E-state index in [2.05, 4.69) is 52.5 Å². The van der Waals surface area contributed by atoms with E-state index in [0.717, 1.165) is 38.5 Å². The zero-order valence-corrected chi connectivity index (χ0v) is 14.7. The number of hydrogen-bond acceptors (Lipinski definition) is 4. The molecule has 1 aliphatic rings. The van der Waals surface area contributed by atoms with E-state index in [1.807, 2.05) is 23.9 Å². The minimum absolute atomic E-state index is 0.966. The van der Waals surface area contributed by atoms with Crippen LogP contribution >= 0.6 is 11.8 Å². The zero-order valence-electron chi connectivity index (χ0n) is 13.9. The minimum Gasteiger partial charge on any atom is -0.495 e. The maximum atomic E-state index is 5.49. The molecule has 122 valence electrons. The summed E-state index contributed by atoms with van der Waals surface area (Å²) in [5.41, 5.74) is 2.64. The molecule has 0 unspecified atom stereocenters. The maximum absolute atomic E-state index is 5.49. The Labute approximate surface area is 143 Å². The van der Waals surface area contributed by atoms with E-state index >= 15 is 0 Å². The molecular formula is C19H24N2OS. The Morgan fingerprint density at radius 1 is 0.957 bits per heavy atom. The molecule has 1 aliphatic heterocycles. The van der Waals surface area contributed by atoms with Crippen LogP contribution in [0.5, 0.6) is 5.75 Å². The Morgan fingerprint density at radius 3 is 2.39 bits per heavy atom. The van der Waals surface area contributed by atoms with Crippen LogP contribution in [0.25, 0.3) is 0 Å². The quantitative estimate of drug-likeness (QED) is 0.777. The molecule has 0 N–H and O–H groups in total. The molecule has 0 radical (unpaired) electrons. The molecule has 2 aromatic rings. The fourth-order valence-corrected chi connectivity index (χ4v) is 3.72. The fourth-order valence-electron chi connectivity index (χ4n) is 3.11. The van der Waals surface area contributed by atoms with Crippen LogP contribution in [0.2, 0.25) is 0 Å². The minimum atomic E-state index is 0.966. The van der Waals surface area contributed by atoms with Gasteiger partial charge in [0.05, 0.1) is 12.8 Å². The summed E-state index contributed by atoms with van der Waals surface area (Å²) in [6, 6.07) is 17.0. The van der Waals surface area contributed by atoms with Crippen LogP contribution in [0.1, 0.15) is 5.56 Å². The van der Waals surface area contributed by atoms with Crippen molar-refractivity contribution in [1.82, 2.24) is 4.90 Å². The molecular weight excluding hydrogens is 304 g/mol. The van der Waals surface area contributed by atoms with Crippen LogP contribution in [-0.4, -0.2) is 44.4 Å². The highest BCUT2D eigenvalue weighted by atomic mass is 32.2. The van der Waals surface area contributed by atoms with Crippen molar-refractivity contribution in [3.63, 3.8) is 0 Å². The molecule has 1 fully saturated rings. The monoisotopic (exact) mass is 328 g/mol. The van der Waals surface area contributed by atoms with Gasteiger partial charge in [0.25, 0.3) is 0 Å². The van der Waals surface area contributed by atoms with Crippen LogP contribution in [0, 0.1) is 0 Å². The number of piperazine rings is 1. The molecule has 0 atom stereocenters. The van der Waals surface area contributed by atoms with E-state index in [4.69, 9.17) is 4.74 Å². The lowest BCUT2D eigenvalue weighted by atomic mass is 10.2. The molecule has 4 heteroatoms. The van der Waals surface area contributed by atoms with Gasteiger partial charge in [0, 0.05) is 37.6 Å². The summed E-state index contributed by atoms with van der Waals surface area (Å²) in [7, 11) is 1.74. The number of thioether (sulfide) groups is 1. The van der Waals surface area contributed by atoms with Gasteiger partial charge in [-0.1, -0.05) is 30.3 Å². The summed E-state index contributed by atoms with van der Waals surface area (Å²) in [6.07, 6.45) is 2.15. The summed E-state index contributed by atoms with van der Waals surface area (Å²) in [5.74, 6) is 0.966. The summed E-state index contributed by atoms with van der Waals surface area (Å²) in [4.78, 5) is 6.36. The molecule has 0 saturated carbocycles. The van der Waals surface area contributed by atoms with E-state index in [0.29, 0.717) is 0 Å². The van der Waals surface area contributed by atoms with E-state index in [-0.39, 0.29) is 0 Å². The highest BCUT2D eigenvalue weighted by molar-refractivity contribution is 7.98. The first-order valence-electron chi connectivity index (χ1n) is 8.04. The fraction of sp³-hybridized carbons (Fsp3) is 0.368. The lowest BCUT2D eigenvalue weighted by Crippen LogP contribution is -2.46. The van der Waals surface area contributed by atoms with Gasteiger partial charge in [-0.15, -0.1) is 11.8 Å². The van der Waals surface area contributed by atoms with Gasteiger partial charge in [0.2, 0.25) is 0 Å². The first-order valence-corrected chi connectivity index (χ1v) is 9.26. The number of ether oxygens (including phenoxy) is 1. The molecule has 0 amide bonds. The molecule has 23 heavy (non-hydrogen) atoms. The highest BCUT2D eigenvalue weighted by Crippen LogP contribution is 2.29. The first-order chi connectivity index (χ1) is 11.3. The van der Waals surface area contributed by atoms with Crippen molar-refractivity contribution < 1.29 is 4.74 Å². The Bertz CT molecular complexity index is 639. The second kappa shape index (κ2) is 7.75. The van der Waals surface area contributed by atoms with Crippen molar-refractivity contribution in [2.75, 3.05) is 44.4 Å². The molecule has 1 heterocycles. The lowest BCUT2D eigenvalue weighted by molar-refractivity contribution is 0.247. The number of benzene rings is 2. The molecule has 3 rings (SSSR count). The normalized spacial score (nSPS) is 15.7. The summed E-state index contributed by atoms with van der Waals surface area (Å²) in [5, 5.41) is 0. The summed E-state index contributed by atoms with van der Waals surface area (Å²) < 4.78 is 5.49. The largest absolute Gasteiger partial charge is 0.495 e. The smallest absolute Gasteiger partial charge is 0.142 e. The van der Waals surface area contributed by atoms with Crippen molar-refractivity contribution in [1.29, 1.82) is 0 Å². The predicted octanol–water partition coefficient (Wildman–Crippen LogP) is 3.74. The average Bonchev–Trinajstić information content (AvgIpc) is 2.63. The number of para-hydroxylation sites is 2. The van der Waals surface area contributed by atoms with Gasteiger partial charge < -0.3 is 9.64 Å². The van der Waals surface area contributed by atoms with Gasteiger partial charge in [0.1, 0.15) is 5.75 Å². The summed E-state index contributed by atoms with van der Waals surface area (Å²) in [6.45, 7) is 5.29. The second-order valence-corrected chi connectivity index (χ2v) is 6.59. The Kier molecular flexibility index (Phi) is 5.47. The van der Waals surface area contributed by atoms with Crippen LogP contribution in [0.3, 0.4) is 0 Å². The number of nitrogens with zero attached hydrogens (tertiary/aromatic N) is 2. The summed E-state index contributed by atoms with van der Waals surface area (Å²) >= 11 is 1.83. The van der Waals surface area contributed by atoms with Gasteiger partial charge in [-0.2, -0.15) is 0 Å². The van der Waals surface area contributed by atoms with E-state index in [9.17, 15) is 0 Å². The third-order valence-electron chi connectivity index (χ3n) is 4.38. The number of rotatable bonds is 5. The molecule has 1 saturated heterocycles. The maximum Gasteiger partial charge on any atom is 0.142 e. The Hall–Kier alpha value is -1.65. The molecule has 2 aromatic carbocycles. The second-order valence-electron chi connectivity index (χ2n) is 5.75. The molecule has 0 bridgehead atoms. The Morgan fingerprint density at radius 2 is 1.65 bits per heavy atom. The van der Waals surface area contributed by atoms with Crippen molar-refractivity contribution in [3.05, 3.63) is 54.1 Å². The molecule has 3 nitrogen and oxygen atoms in total. The van der Waals surface area contributed by atoms with Crippen molar-refractivity contribution in [2.45, 2.75) is 11.4 Å². The predicted molar refractivity (Wildman–Crippen MR) is 98.7 cm³/mol.